The van der Waals surface area contributed by atoms with Gasteiger partial charge in [-0.25, -0.2) is 0 Å². The van der Waals surface area contributed by atoms with Crippen LogP contribution in [0.4, 0.5) is 0 Å². The predicted molar refractivity (Wildman–Crippen MR) is 69.7 cm³/mol. The van der Waals surface area contributed by atoms with Crippen molar-refractivity contribution < 1.29 is 19.4 Å². The van der Waals surface area contributed by atoms with Crippen molar-refractivity contribution in [3.63, 3.8) is 0 Å². The molecule has 2 N–H and O–H groups in total. The molecule has 2 fully saturated rings. The Morgan fingerprint density at radius 3 is 2.47 bits per heavy atom. The summed E-state index contributed by atoms with van der Waals surface area (Å²) >= 11 is 0. The minimum atomic E-state index is -0.705. The number of rotatable bonds is 5. The molecule has 1 saturated heterocycles. The molecule has 0 unspecified atom stereocenters. The maximum Gasteiger partial charge on any atom is 0.306 e. The second-order valence-electron chi connectivity index (χ2n) is 5.63. The molecule has 0 radical (unpaired) electrons. The van der Waals surface area contributed by atoms with Gasteiger partial charge in [-0.3, -0.25) is 9.59 Å². The summed E-state index contributed by atoms with van der Waals surface area (Å²) in [7, 11) is 0. The lowest BCUT2D eigenvalue weighted by Gasteiger charge is -2.27. The Morgan fingerprint density at radius 1 is 1.16 bits per heavy atom. The number of ether oxygens (including phenoxy) is 1. The van der Waals surface area contributed by atoms with Gasteiger partial charge in [-0.15, -0.1) is 0 Å². The molecule has 0 aromatic heterocycles. The molecule has 1 aliphatic heterocycles. The van der Waals surface area contributed by atoms with E-state index in [0.29, 0.717) is 19.3 Å². The van der Waals surface area contributed by atoms with Crippen LogP contribution < -0.4 is 5.32 Å². The minimum Gasteiger partial charge on any atom is -0.481 e. The van der Waals surface area contributed by atoms with Gasteiger partial charge in [-0.2, -0.15) is 0 Å². The van der Waals surface area contributed by atoms with Gasteiger partial charge < -0.3 is 15.2 Å². The molecular weight excluding hydrogens is 246 g/mol. The van der Waals surface area contributed by atoms with E-state index in [9.17, 15) is 9.59 Å². The fourth-order valence-corrected chi connectivity index (χ4v) is 2.95. The fraction of sp³-hybridized carbons (Fsp3) is 0.857. The van der Waals surface area contributed by atoms with Crippen LogP contribution in [0.15, 0.2) is 0 Å². The maximum atomic E-state index is 11.8. The van der Waals surface area contributed by atoms with E-state index in [4.69, 9.17) is 9.84 Å². The van der Waals surface area contributed by atoms with E-state index in [-0.39, 0.29) is 24.0 Å². The Morgan fingerprint density at radius 2 is 1.89 bits per heavy atom. The van der Waals surface area contributed by atoms with Crippen molar-refractivity contribution in [2.45, 2.75) is 63.5 Å². The first kappa shape index (κ1) is 14.3. The predicted octanol–water partition coefficient (Wildman–Crippen LogP) is 1.71. The molecule has 5 heteroatoms. The van der Waals surface area contributed by atoms with Crippen LogP contribution in [0.1, 0.15) is 51.4 Å². The molecule has 19 heavy (non-hydrogen) atoms. The molecule has 1 saturated carbocycles. The molecule has 0 spiro atoms. The number of aliphatic carboxylic acids is 1. The van der Waals surface area contributed by atoms with Gasteiger partial charge in [0.2, 0.25) is 5.91 Å². The summed E-state index contributed by atoms with van der Waals surface area (Å²) in [6.45, 7) is 0.825. The normalized spacial score (nSPS) is 31.1. The van der Waals surface area contributed by atoms with Crippen molar-refractivity contribution in [2.24, 2.45) is 5.92 Å². The van der Waals surface area contributed by atoms with Crippen LogP contribution in [0.5, 0.6) is 0 Å². The first-order valence-corrected chi connectivity index (χ1v) is 7.29. The molecular formula is C14H23NO4. The molecule has 1 atom stereocenters. The molecule has 2 aliphatic rings. The third-order valence-electron chi connectivity index (χ3n) is 4.16. The van der Waals surface area contributed by atoms with Gasteiger partial charge in [0.05, 0.1) is 12.0 Å². The van der Waals surface area contributed by atoms with Crippen LogP contribution in [0.3, 0.4) is 0 Å². The smallest absolute Gasteiger partial charge is 0.306 e. The highest BCUT2D eigenvalue weighted by Gasteiger charge is 2.26. The zero-order chi connectivity index (χ0) is 13.7. The lowest BCUT2D eigenvalue weighted by Crippen LogP contribution is -2.38. The van der Waals surface area contributed by atoms with E-state index < -0.39 is 5.97 Å². The van der Waals surface area contributed by atoms with Crippen molar-refractivity contribution in [2.75, 3.05) is 6.61 Å². The molecule has 0 bridgehead atoms. The molecule has 0 aromatic rings. The summed E-state index contributed by atoms with van der Waals surface area (Å²) in [5, 5.41) is 11.9. The van der Waals surface area contributed by atoms with Crippen LogP contribution in [0.25, 0.3) is 0 Å². The summed E-state index contributed by atoms with van der Waals surface area (Å²) in [5.41, 5.74) is 0. The van der Waals surface area contributed by atoms with Crippen LogP contribution in [-0.2, 0) is 14.3 Å². The summed E-state index contributed by atoms with van der Waals surface area (Å²) in [5.74, 6) is -0.850. The number of nitrogens with one attached hydrogen (secondary N) is 1. The number of carboxylic acids is 1. The SMILES string of the molecule is O=C(CC[C@H]1CCCO1)NC1CCC(C(=O)O)CC1. The highest BCUT2D eigenvalue weighted by atomic mass is 16.5. The van der Waals surface area contributed by atoms with Gasteiger partial charge in [0.1, 0.15) is 0 Å². The van der Waals surface area contributed by atoms with Crippen molar-refractivity contribution >= 4 is 11.9 Å². The molecule has 2 rings (SSSR count). The summed E-state index contributed by atoms with van der Waals surface area (Å²) in [4.78, 5) is 22.6. The van der Waals surface area contributed by atoms with E-state index in [1.807, 2.05) is 0 Å². The van der Waals surface area contributed by atoms with Gasteiger partial charge in [-0.05, 0) is 44.9 Å². The second-order valence-corrected chi connectivity index (χ2v) is 5.63. The minimum absolute atomic E-state index is 0.0780. The van der Waals surface area contributed by atoms with Gasteiger partial charge in [-0.1, -0.05) is 0 Å². The first-order chi connectivity index (χ1) is 9.15. The van der Waals surface area contributed by atoms with E-state index in [0.717, 1.165) is 38.7 Å². The molecule has 108 valence electrons. The highest BCUT2D eigenvalue weighted by molar-refractivity contribution is 5.76. The maximum absolute atomic E-state index is 11.8. The van der Waals surface area contributed by atoms with Crippen LogP contribution in [0.2, 0.25) is 0 Å². The Labute approximate surface area is 113 Å². The Bertz CT molecular complexity index is 317. The van der Waals surface area contributed by atoms with Crippen LogP contribution in [-0.4, -0.2) is 35.7 Å². The van der Waals surface area contributed by atoms with Gasteiger partial charge >= 0.3 is 5.97 Å². The quantitative estimate of drug-likeness (QED) is 0.796. The number of hydrogen-bond donors (Lipinski definition) is 2. The van der Waals surface area contributed by atoms with Gasteiger partial charge in [0.15, 0.2) is 0 Å². The zero-order valence-corrected chi connectivity index (χ0v) is 11.3. The van der Waals surface area contributed by atoms with E-state index in [2.05, 4.69) is 5.32 Å². The van der Waals surface area contributed by atoms with E-state index >= 15 is 0 Å². The van der Waals surface area contributed by atoms with Crippen molar-refractivity contribution in [1.82, 2.24) is 5.32 Å². The second kappa shape index (κ2) is 6.89. The molecule has 0 aromatic carbocycles. The van der Waals surface area contributed by atoms with Crippen molar-refractivity contribution in [3.8, 4) is 0 Å². The van der Waals surface area contributed by atoms with E-state index in [1.54, 1.807) is 0 Å². The number of amides is 1. The number of carbonyl (C=O) groups excluding carboxylic acids is 1. The molecule has 5 nitrogen and oxygen atoms in total. The highest BCUT2D eigenvalue weighted by Crippen LogP contribution is 2.24. The summed E-state index contributed by atoms with van der Waals surface area (Å²) < 4.78 is 5.49. The Balaban J connectivity index is 1.61. The monoisotopic (exact) mass is 269 g/mol. The fourth-order valence-electron chi connectivity index (χ4n) is 2.95. The average molecular weight is 269 g/mol. The van der Waals surface area contributed by atoms with Crippen molar-refractivity contribution in [3.05, 3.63) is 0 Å². The number of hydrogen-bond acceptors (Lipinski definition) is 3. The largest absolute Gasteiger partial charge is 0.481 e. The third kappa shape index (κ3) is 4.49. The number of carbonyl (C=O) groups is 2. The standard InChI is InChI=1S/C14H23NO4/c16-13(8-7-12-2-1-9-19-12)15-11-5-3-10(4-6-11)14(17)18/h10-12H,1-9H2,(H,15,16)(H,17,18)/t10?,11?,12-/m1/s1. The zero-order valence-electron chi connectivity index (χ0n) is 11.3. The summed E-state index contributed by atoms with van der Waals surface area (Å²) in [6.07, 6.45) is 6.65. The Kier molecular flexibility index (Phi) is 5.19. The third-order valence-corrected chi connectivity index (χ3v) is 4.16. The average Bonchev–Trinajstić information content (AvgIpc) is 2.90. The van der Waals surface area contributed by atoms with Gasteiger partial charge in [0, 0.05) is 19.1 Å². The van der Waals surface area contributed by atoms with Gasteiger partial charge in [0.25, 0.3) is 0 Å². The van der Waals surface area contributed by atoms with Crippen molar-refractivity contribution in [1.29, 1.82) is 0 Å². The van der Waals surface area contributed by atoms with E-state index in [1.165, 1.54) is 0 Å². The molecule has 1 amide bonds. The van der Waals surface area contributed by atoms with Crippen LogP contribution in [0, 0.1) is 5.92 Å². The molecule has 1 heterocycles. The number of carboxylic acid groups (broad SMARTS) is 1. The lowest BCUT2D eigenvalue weighted by molar-refractivity contribution is -0.142. The molecule has 1 aliphatic carbocycles. The Hall–Kier alpha value is -1.10. The topological polar surface area (TPSA) is 75.6 Å². The summed E-state index contributed by atoms with van der Waals surface area (Å²) in [6, 6.07) is 0.160. The van der Waals surface area contributed by atoms with Crippen LogP contribution >= 0.6 is 0 Å². The lowest BCUT2D eigenvalue weighted by atomic mass is 9.86. The first-order valence-electron chi connectivity index (χ1n) is 7.29.